The Kier molecular flexibility index (Phi) is 4.67. The first kappa shape index (κ1) is 12.1. The predicted octanol–water partition coefficient (Wildman–Crippen LogP) is 4.23. The normalized spacial score (nSPS) is 12.9. The van der Waals surface area contributed by atoms with E-state index in [4.69, 9.17) is 4.74 Å². The second kappa shape index (κ2) is 5.79. The standard InChI is InChI=1S/C14H22O/c1-5-12(6-2)11(3)13-9-7-8-10-14(13)15-4/h7-12H,5-6H2,1-4H3/t11-/m0/s1. The second-order valence-corrected chi connectivity index (χ2v) is 4.11. The van der Waals surface area contributed by atoms with E-state index in [1.54, 1.807) is 7.11 Å². The van der Waals surface area contributed by atoms with Gasteiger partial charge in [0.25, 0.3) is 0 Å². The summed E-state index contributed by atoms with van der Waals surface area (Å²) < 4.78 is 5.41. The number of hydrogen-bond donors (Lipinski definition) is 0. The highest BCUT2D eigenvalue weighted by Gasteiger charge is 2.18. The number of rotatable bonds is 5. The number of ether oxygens (including phenoxy) is 1. The van der Waals surface area contributed by atoms with Crippen LogP contribution < -0.4 is 4.74 Å². The van der Waals surface area contributed by atoms with Crippen molar-refractivity contribution < 1.29 is 4.74 Å². The van der Waals surface area contributed by atoms with Crippen molar-refractivity contribution in [2.24, 2.45) is 5.92 Å². The van der Waals surface area contributed by atoms with E-state index in [-0.39, 0.29) is 0 Å². The summed E-state index contributed by atoms with van der Waals surface area (Å²) in [5, 5.41) is 0. The molecule has 0 fully saturated rings. The van der Waals surface area contributed by atoms with Gasteiger partial charge in [-0.15, -0.1) is 0 Å². The Hall–Kier alpha value is -0.980. The summed E-state index contributed by atoms with van der Waals surface area (Å²) in [5.74, 6) is 2.36. The summed E-state index contributed by atoms with van der Waals surface area (Å²) in [6, 6.07) is 8.36. The largest absolute Gasteiger partial charge is 0.496 e. The number of hydrogen-bond acceptors (Lipinski definition) is 1. The highest BCUT2D eigenvalue weighted by molar-refractivity contribution is 5.36. The van der Waals surface area contributed by atoms with Crippen molar-refractivity contribution >= 4 is 0 Å². The van der Waals surface area contributed by atoms with Crippen LogP contribution in [0, 0.1) is 5.92 Å². The number of benzene rings is 1. The van der Waals surface area contributed by atoms with Gasteiger partial charge in [0.05, 0.1) is 7.11 Å². The van der Waals surface area contributed by atoms with Crippen LogP contribution in [0.15, 0.2) is 24.3 Å². The van der Waals surface area contributed by atoms with Gasteiger partial charge >= 0.3 is 0 Å². The highest BCUT2D eigenvalue weighted by atomic mass is 16.5. The van der Waals surface area contributed by atoms with Crippen LogP contribution in [0.1, 0.15) is 45.1 Å². The Morgan fingerprint density at radius 1 is 1.13 bits per heavy atom. The first-order valence-corrected chi connectivity index (χ1v) is 5.87. The van der Waals surface area contributed by atoms with Crippen LogP contribution in [-0.2, 0) is 0 Å². The van der Waals surface area contributed by atoms with Gasteiger partial charge in [0.1, 0.15) is 5.75 Å². The third-order valence-corrected chi connectivity index (χ3v) is 3.39. The summed E-state index contributed by atoms with van der Waals surface area (Å²) in [6.45, 7) is 6.83. The molecule has 84 valence electrons. The molecule has 0 saturated carbocycles. The lowest BCUT2D eigenvalue weighted by Gasteiger charge is -2.23. The smallest absolute Gasteiger partial charge is 0.122 e. The van der Waals surface area contributed by atoms with Crippen molar-refractivity contribution in [3.8, 4) is 5.75 Å². The van der Waals surface area contributed by atoms with E-state index in [2.05, 4.69) is 32.9 Å². The molecule has 1 heteroatoms. The molecule has 0 radical (unpaired) electrons. The molecule has 0 amide bonds. The Bertz CT molecular complexity index is 289. The average Bonchev–Trinajstić information content (AvgIpc) is 2.30. The zero-order chi connectivity index (χ0) is 11.3. The van der Waals surface area contributed by atoms with Crippen molar-refractivity contribution in [1.82, 2.24) is 0 Å². The van der Waals surface area contributed by atoms with Gasteiger partial charge in [0, 0.05) is 0 Å². The van der Waals surface area contributed by atoms with Crippen LogP contribution in [0.5, 0.6) is 5.75 Å². The molecule has 15 heavy (non-hydrogen) atoms. The third-order valence-electron chi connectivity index (χ3n) is 3.39. The molecule has 1 nitrogen and oxygen atoms in total. The summed E-state index contributed by atoms with van der Waals surface area (Å²) in [7, 11) is 1.75. The first-order chi connectivity index (χ1) is 7.24. The van der Waals surface area contributed by atoms with E-state index in [1.807, 2.05) is 12.1 Å². The van der Waals surface area contributed by atoms with Crippen LogP contribution in [0.3, 0.4) is 0 Å². The first-order valence-electron chi connectivity index (χ1n) is 5.87. The van der Waals surface area contributed by atoms with Gasteiger partial charge in [-0.25, -0.2) is 0 Å². The number of methoxy groups -OCH3 is 1. The summed E-state index contributed by atoms with van der Waals surface area (Å²) in [5.41, 5.74) is 1.34. The minimum atomic E-state index is 0.580. The molecule has 1 atom stereocenters. The minimum Gasteiger partial charge on any atom is -0.496 e. The average molecular weight is 206 g/mol. The molecule has 0 unspecified atom stereocenters. The fraction of sp³-hybridized carbons (Fsp3) is 0.571. The molecule has 0 aliphatic heterocycles. The maximum absolute atomic E-state index is 5.41. The molecular weight excluding hydrogens is 184 g/mol. The molecule has 0 aliphatic carbocycles. The maximum atomic E-state index is 5.41. The van der Waals surface area contributed by atoms with E-state index < -0.39 is 0 Å². The highest BCUT2D eigenvalue weighted by Crippen LogP contribution is 2.34. The lowest BCUT2D eigenvalue weighted by molar-refractivity contribution is 0.378. The van der Waals surface area contributed by atoms with Crippen LogP contribution in [0.25, 0.3) is 0 Å². The van der Waals surface area contributed by atoms with Gasteiger partial charge in [-0.1, -0.05) is 51.8 Å². The number of para-hydroxylation sites is 1. The zero-order valence-corrected chi connectivity index (χ0v) is 10.3. The summed E-state index contributed by atoms with van der Waals surface area (Å²) in [4.78, 5) is 0. The lowest BCUT2D eigenvalue weighted by Crippen LogP contribution is -2.09. The SMILES string of the molecule is CCC(CC)[C@H](C)c1ccccc1OC. The molecule has 0 bridgehead atoms. The molecule has 0 aromatic heterocycles. The minimum absolute atomic E-state index is 0.580. The predicted molar refractivity (Wildman–Crippen MR) is 65.5 cm³/mol. The topological polar surface area (TPSA) is 9.23 Å². The van der Waals surface area contributed by atoms with Gasteiger partial charge in [-0.3, -0.25) is 0 Å². The monoisotopic (exact) mass is 206 g/mol. The van der Waals surface area contributed by atoms with Crippen LogP contribution in [0.4, 0.5) is 0 Å². The van der Waals surface area contributed by atoms with Crippen molar-refractivity contribution in [3.05, 3.63) is 29.8 Å². The Morgan fingerprint density at radius 3 is 2.27 bits per heavy atom. The second-order valence-electron chi connectivity index (χ2n) is 4.11. The van der Waals surface area contributed by atoms with Gasteiger partial charge in [-0.2, -0.15) is 0 Å². The Labute approximate surface area is 93.5 Å². The third kappa shape index (κ3) is 2.74. The molecule has 0 N–H and O–H groups in total. The van der Waals surface area contributed by atoms with Crippen LogP contribution in [-0.4, -0.2) is 7.11 Å². The van der Waals surface area contributed by atoms with Crippen LogP contribution in [0.2, 0.25) is 0 Å². The molecule has 1 aromatic carbocycles. The van der Waals surface area contributed by atoms with E-state index in [9.17, 15) is 0 Å². The van der Waals surface area contributed by atoms with Gasteiger partial charge in [0.15, 0.2) is 0 Å². The molecule has 1 aromatic rings. The van der Waals surface area contributed by atoms with E-state index >= 15 is 0 Å². The van der Waals surface area contributed by atoms with E-state index in [0.717, 1.165) is 11.7 Å². The molecule has 0 spiro atoms. The Morgan fingerprint density at radius 2 is 1.73 bits per heavy atom. The summed E-state index contributed by atoms with van der Waals surface area (Å²) >= 11 is 0. The molecule has 0 aliphatic rings. The molecular formula is C14H22O. The van der Waals surface area contributed by atoms with Crippen LogP contribution >= 0.6 is 0 Å². The zero-order valence-electron chi connectivity index (χ0n) is 10.3. The molecule has 1 rings (SSSR count). The van der Waals surface area contributed by atoms with Gasteiger partial charge in [0.2, 0.25) is 0 Å². The van der Waals surface area contributed by atoms with E-state index in [0.29, 0.717) is 5.92 Å². The maximum Gasteiger partial charge on any atom is 0.122 e. The fourth-order valence-corrected chi connectivity index (χ4v) is 2.29. The van der Waals surface area contributed by atoms with Gasteiger partial charge in [-0.05, 0) is 23.5 Å². The quantitative estimate of drug-likeness (QED) is 0.700. The van der Waals surface area contributed by atoms with Crippen molar-refractivity contribution in [1.29, 1.82) is 0 Å². The Balaban J connectivity index is 2.93. The van der Waals surface area contributed by atoms with Gasteiger partial charge < -0.3 is 4.74 Å². The summed E-state index contributed by atoms with van der Waals surface area (Å²) in [6.07, 6.45) is 2.46. The van der Waals surface area contributed by atoms with Crippen molar-refractivity contribution in [2.75, 3.05) is 7.11 Å². The lowest BCUT2D eigenvalue weighted by atomic mass is 9.84. The molecule has 0 heterocycles. The van der Waals surface area contributed by atoms with E-state index in [1.165, 1.54) is 18.4 Å². The molecule has 0 saturated heterocycles. The van der Waals surface area contributed by atoms with Crippen molar-refractivity contribution in [2.45, 2.75) is 39.5 Å². The van der Waals surface area contributed by atoms with Crippen molar-refractivity contribution in [3.63, 3.8) is 0 Å². The fourth-order valence-electron chi connectivity index (χ4n) is 2.29.